The Morgan fingerprint density at radius 1 is 1.39 bits per heavy atom. The molecule has 2 rings (SSSR count). The minimum atomic E-state index is -0.194. The summed E-state index contributed by atoms with van der Waals surface area (Å²) in [6, 6.07) is 3.13. The van der Waals surface area contributed by atoms with Gasteiger partial charge in [0.1, 0.15) is 5.76 Å². The van der Waals surface area contributed by atoms with Crippen LogP contribution in [0.5, 0.6) is 5.88 Å². The highest BCUT2D eigenvalue weighted by Crippen LogP contribution is 2.21. The average Bonchev–Trinajstić information content (AvgIpc) is 2.86. The molecule has 23 heavy (non-hydrogen) atoms. The Hall–Kier alpha value is -2.37. The molecule has 0 aliphatic carbocycles. The van der Waals surface area contributed by atoms with E-state index in [4.69, 9.17) is 9.26 Å². The molecule has 6 nitrogen and oxygen atoms in total. The van der Waals surface area contributed by atoms with Crippen LogP contribution in [0.15, 0.2) is 22.9 Å². The molecule has 0 aliphatic heterocycles. The van der Waals surface area contributed by atoms with Crippen molar-refractivity contribution < 1.29 is 14.1 Å². The SMILES string of the molecule is CCC(C)Oc1cc(C(=O)NC(C)c2c(C)noc2C)ccn1. The fourth-order valence-corrected chi connectivity index (χ4v) is 2.36. The minimum absolute atomic E-state index is 0.0574. The van der Waals surface area contributed by atoms with Gasteiger partial charge in [-0.05, 0) is 40.2 Å². The normalized spacial score (nSPS) is 13.4. The summed E-state index contributed by atoms with van der Waals surface area (Å²) in [5.41, 5.74) is 2.20. The second kappa shape index (κ2) is 7.26. The van der Waals surface area contributed by atoms with Gasteiger partial charge in [0.05, 0.1) is 17.8 Å². The fourth-order valence-electron chi connectivity index (χ4n) is 2.36. The Kier molecular flexibility index (Phi) is 5.36. The lowest BCUT2D eigenvalue weighted by Crippen LogP contribution is -2.27. The molecule has 1 N–H and O–H groups in total. The van der Waals surface area contributed by atoms with Crippen LogP contribution in [0.2, 0.25) is 0 Å². The Labute approximate surface area is 136 Å². The fraction of sp³-hybridized carbons (Fsp3) is 0.471. The number of aromatic nitrogens is 2. The third kappa shape index (κ3) is 4.09. The van der Waals surface area contributed by atoms with Crippen LogP contribution >= 0.6 is 0 Å². The summed E-state index contributed by atoms with van der Waals surface area (Å²) in [7, 11) is 0. The lowest BCUT2D eigenvalue weighted by atomic mass is 10.1. The number of amides is 1. The van der Waals surface area contributed by atoms with Gasteiger partial charge >= 0.3 is 0 Å². The number of ether oxygens (including phenoxy) is 1. The molecule has 2 atom stereocenters. The molecule has 2 unspecified atom stereocenters. The zero-order valence-corrected chi connectivity index (χ0v) is 14.2. The van der Waals surface area contributed by atoms with Gasteiger partial charge in [0, 0.05) is 23.4 Å². The van der Waals surface area contributed by atoms with Crippen molar-refractivity contribution in [1.29, 1.82) is 0 Å². The van der Waals surface area contributed by atoms with Gasteiger partial charge < -0.3 is 14.6 Å². The van der Waals surface area contributed by atoms with Gasteiger partial charge in [-0.3, -0.25) is 4.79 Å². The second-order valence-electron chi connectivity index (χ2n) is 5.65. The lowest BCUT2D eigenvalue weighted by Gasteiger charge is -2.15. The summed E-state index contributed by atoms with van der Waals surface area (Å²) >= 11 is 0. The van der Waals surface area contributed by atoms with Crippen molar-refractivity contribution in [3.63, 3.8) is 0 Å². The van der Waals surface area contributed by atoms with Crippen LogP contribution in [0.4, 0.5) is 0 Å². The largest absolute Gasteiger partial charge is 0.475 e. The average molecular weight is 317 g/mol. The standard InChI is InChI=1S/C17H23N3O3/c1-6-10(2)22-15-9-14(7-8-18-15)17(21)19-11(3)16-12(4)20-23-13(16)5/h7-11H,6H2,1-5H3,(H,19,21). The van der Waals surface area contributed by atoms with Crippen LogP contribution in [0.1, 0.15) is 60.6 Å². The predicted octanol–water partition coefficient (Wildman–Crippen LogP) is 3.35. The van der Waals surface area contributed by atoms with Gasteiger partial charge in [0.15, 0.2) is 0 Å². The monoisotopic (exact) mass is 317 g/mol. The van der Waals surface area contributed by atoms with Crippen LogP contribution in [0, 0.1) is 13.8 Å². The van der Waals surface area contributed by atoms with Gasteiger partial charge in [-0.15, -0.1) is 0 Å². The zero-order valence-electron chi connectivity index (χ0n) is 14.2. The van der Waals surface area contributed by atoms with Crippen molar-refractivity contribution >= 4 is 5.91 Å². The summed E-state index contributed by atoms with van der Waals surface area (Å²) in [5, 5.41) is 6.87. The first-order chi connectivity index (χ1) is 10.9. The van der Waals surface area contributed by atoms with E-state index in [1.807, 2.05) is 34.6 Å². The van der Waals surface area contributed by atoms with Crippen molar-refractivity contribution in [3.8, 4) is 5.88 Å². The molecule has 0 fully saturated rings. The Morgan fingerprint density at radius 3 is 2.74 bits per heavy atom. The minimum Gasteiger partial charge on any atom is -0.475 e. The lowest BCUT2D eigenvalue weighted by molar-refractivity contribution is 0.0938. The molecule has 2 aromatic heterocycles. The molecule has 0 aromatic carbocycles. The van der Waals surface area contributed by atoms with E-state index < -0.39 is 0 Å². The van der Waals surface area contributed by atoms with Crippen LogP contribution in [-0.4, -0.2) is 22.2 Å². The molecule has 0 aliphatic rings. The van der Waals surface area contributed by atoms with E-state index in [2.05, 4.69) is 15.5 Å². The summed E-state index contributed by atoms with van der Waals surface area (Å²) in [5.74, 6) is 0.983. The first kappa shape index (κ1) is 17.0. The van der Waals surface area contributed by atoms with Crippen LogP contribution < -0.4 is 10.1 Å². The maximum Gasteiger partial charge on any atom is 0.252 e. The maximum atomic E-state index is 12.4. The van der Waals surface area contributed by atoms with E-state index in [0.29, 0.717) is 17.2 Å². The highest BCUT2D eigenvalue weighted by atomic mass is 16.5. The van der Waals surface area contributed by atoms with Gasteiger partial charge in [-0.2, -0.15) is 0 Å². The van der Waals surface area contributed by atoms with E-state index in [0.717, 1.165) is 17.7 Å². The van der Waals surface area contributed by atoms with Gasteiger partial charge in [0.2, 0.25) is 5.88 Å². The molecule has 0 saturated carbocycles. The quantitative estimate of drug-likeness (QED) is 0.884. The third-order valence-corrected chi connectivity index (χ3v) is 3.76. The molecule has 1 amide bonds. The predicted molar refractivity (Wildman–Crippen MR) is 86.5 cm³/mol. The van der Waals surface area contributed by atoms with Gasteiger partial charge in [0.25, 0.3) is 5.91 Å². The van der Waals surface area contributed by atoms with Gasteiger partial charge in [-0.1, -0.05) is 12.1 Å². The van der Waals surface area contributed by atoms with Crippen molar-refractivity contribution in [2.75, 3.05) is 0 Å². The van der Waals surface area contributed by atoms with E-state index in [1.165, 1.54) is 0 Å². The number of hydrogen-bond acceptors (Lipinski definition) is 5. The van der Waals surface area contributed by atoms with E-state index in [1.54, 1.807) is 18.3 Å². The summed E-state index contributed by atoms with van der Waals surface area (Å²) in [6.45, 7) is 9.60. The molecule has 0 radical (unpaired) electrons. The molecule has 0 bridgehead atoms. The Bertz CT molecular complexity index is 662. The van der Waals surface area contributed by atoms with Crippen LogP contribution in [-0.2, 0) is 0 Å². The number of carbonyl (C=O) groups is 1. The summed E-state index contributed by atoms with van der Waals surface area (Å²) in [4.78, 5) is 16.6. The van der Waals surface area contributed by atoms with Crippen LogP contribution in [0.3, 0.4) is 0 Å². The van der Waals surface area contributed by atoms with E-state index in [-0.39, 0.29) is 18.1 Å². The number of pyridine rings is 1. The smallest absolute Gasteiger partial charge is 0.252 e. The topological polar surface area (TPSA) is 77.2 Å². The molecule has 124 valence electrons. The molecule has 0 spiro atoms. The Balaban J connectivity index is 2.10. The molecular formula is C17H23N3O3. The second-order valence-corrected chi connectivity index (χ2v) is 5.65. The molecular weight excluding hydrogens is 294 g/mol. The van der Waals surface area contributed by atoms with E-state index >= 15 is 0 Å². The van der Waals surface area contributed by atoms with Crippen LogP contribution in [0.25, 0.3) is 0 Å². The summed E-state index contributed by atoms with van der Waals surface area (Å²) in [6.07, 6.45) is 2.51. The number of carbonyl (C=O) groups excluding carboxylic acids is 1. The van der Waals surface area contributed by atoms with Crippen molar-refractivity contribution in [3.05, 3.63) is 40.9 Å². The molecule has 6 heteroatoms. The molecule has 0 saturated heterocycles. The van der Waals surface area contributed by atoms with Crippen molar-refractivity contribution in [1.82, 2.24) is 15.5 Å². The zero-order chi connectivity index (χ0) is 17.0. The van der Waals surface area contributed by atoms with Crippen molar-refractivity contribution in [2.45, 2.75) is 53.2 Å². The number of rotatable bonds is 6. The molecule has 2 heterocycles. The molecule has 2 aromatic rings. The number of nitrogens with zero attached hydrogens (tertiary/aromatic N) is 2. The first-order valence-corrected chi connectivity index (χ1v) is 7.78. The third-order valence-electron chi connectivity index (χ3n) is 3.76. The maximum absolute atomic E-state index is 12.4. The van der Waals surface area contributed by atoms with E-state index in [9.17, 15) is 4.79 Å². The highest BCUT2D eigenvalue weighted by molar-refractivity contribution is 5.94. The number of nitrogens with one attached hydrogen (secondary N) is 1. The number of hydrogen-bond donors (Lipinski definition) is 1. The van der Waals surface area contributed by atoms with Gasteiger partial charge in [-0.25, -0.2) is 4.98 Å². The first-order valence-electron chi connectivity index (χ1n) is 7.78. The number of aryl methyl sites for hydroxylation is 2. The Morgan fingerprint density at radius 2 is 2.13 bits per heavy atom. The summed E-state index contributed by atoms with van der Waals surface area (Å²) < 4.78 is 10.8. The highest BCUT2D eigenvalue weighted by Gasteiger charge is 2.19. The van der Waals surface area contributed by atoms with Crippen molar-refractivity contribution in [2.24, 2.45) is 0 Å².